The van der Waals surface area contributed by atoms with Crippen LogP contribution in [0.1, 0.15) is 39.3 Å². The number of hydrogen-bond acceptors (Lipinski definition) is 3. The Bertz CT molecular complexity index is 757. The summed E-state index contributed by atoms with van der Waals surface area (Å²) < 4.78 is 0.896. The fourth-order valence-corrected chi connectivity index (χ4v) is 3.88. The van der Waals surface area contributed by atoms with Gasteiger partial charge in [-0.2, -0.15) is 0 Å². The minimum Gasteiger partial charge on any atom is -0.348 e. The molecule has 0 bridgehead atoms. The SMILES string of the molecule is Cc1ccc(C)c(C(C)NC(=O)CN(C)C(=O)c2ccc(Br)s2)c1. The number of thiophene rings is 1. The molecule has 2 amide bonds. The second-order valence-electron chi connectivity index (χ2n) is 5.91. The van der Waals surface area contributed by atoms with Crippen LogP contribution in [0.3, 0.4) is 0 Å². The van der Waals surface area contributed by atoms with Gasteiger partial charge < -0.3 is 10.2 Å². The molecule has 0 aliphatic carbocycles. The van der Waals surface area contributed by atoms with Crippen LogP contribution in [0, 0.1) is 13.8 Å². The topological polar surface area (TPSA) is 49.4 Å². The minimum absolute atomic E-state index is 0.0313. The molecule has 2 aromatic rings. The Kier molecular flexibility index (Phi) is 6.18. The Labute approximate surface area is 155 Å². The van der Waals surface area contributed by atoms with Crippen molar-refractivity contribution in [3.8, 4) is 0 Å². The van der Waals surface area contributed by atoms with Crippen molar-refractivity contribution in [2.24, 2.45) is 0 Å². The monoisotopic (exact) mass is 408 g/mol. The van der Waals surface area contributed by atoms with Gasteiger partial charge >= 0.3 is 0 Å². The van der Waals surface area contributed by atoms with Gasteiger partial charge in [-0.25, -0.2) is 0 Å². The normalized spacial score (nSPS) is 11.9. The van der Waals surface area contributed by atoms with Crippen molar-refractivity contribution in [1.82, 2.24) is 10.2 Å². The molecule has 0 saturated heterocycles. The molecule has 0 spiro atoms. The molecule has 1 N–H and O–H groups in total. The van der Waals surface area contributed by atoms with Crippen molar-refractivity contribution < 1.29 is 9.59 Å². The Balaban J connectivity index is 1.97. The van der Waals surface area contributed by atoms with E-state index in [1.807, 2.05) is 26.8 Å². The molecule has 0 fully saturated rings. The van der Waals surface area contributed by atoms with Crippen LogP contribution in [0.5, 0.6) is 0 Å². The second kappa shape index (κ2) is 7.94. The van der Waals surface area contributed by atoms with Crippen LogP contribution in [-0.4, -0.2) is 30.3 Å². The second-order valence-corrected chi connectivity index (χ2v) is 8.38. The lowest BCUT2D eigenvalue weighted by Crippen LogP contribution is -2.39. The molecule has 0 aliphatic heterocycles. The fourth-order valence-electron chi connectivity index (χ4n) is 2.50. The molecule has 1 unspecified atom stereocenters. The van der Waals surface area contributed by atoms with Gasteiger partial charge in [0.1, 0.15) is 0 Å². The molecular formula is C18H21BrN2O2S. The standard InChI is InChI=1S/C18H21BrN2O2S/c1-11-5-6-12(2)14(9-11)13(3)20-17(22)10-21(4)18(23)15-7-8-16(19)24-15/h5-9,13H,10H2,1-4H3,(H,20,22). The Morgan fingerprint density at radius 2 is 1.96 bits per heavy atom. The number of amides is 2. The van der Waals surface area contributed by atoms with E-state index in [9.17, 15) is 9.59 Å². The quantitative estimate of drug-likeness (QED) is 0.809. The first-order chi connectivity index (χ1) is 11.3. The van der Waals surface area contributed by atoms with Crippen LogP contribution in [0.25, 0.3) is 0 Å². The highest BCUT2D eigenvalue weighted by atomic mass is 79.9. The maximum absolute atomic E-state index is 12.3. The maximum atomic E-state index is 12.3. The zero-order valence-electron chi connectivity index (χ0n) is 14.2. The molecule has 4 nitrogen and oxygen atoms in total. The van der Waals surface area contributed by atoms with E-state index in [0.29, 0.717) is 4.88 Å². The largest absolute Gasteiger partial charge is 0.348 e. The zero-order valence-corrected chi connectivity index (χ0v) is 16.6. The summed E-state index contributed by atoms with van der Waals surface area (Å²) in [6, 6.07) is 9.67. The summed E-state index contributed by atoms with van der Waals surface area (Å²) in [4.78, 5) is 26.6. The number of nitrogens with one attached hydrogen (secondary N) is 1. The van der Waals surface area contributed by atoms with Crippen molar-refractivity contribution in [3.05, 3.63) is 55.7 Å². The Morgan fingerprint density at radius 3 is 2.58 bits per heavy atom. The molecule has 6 heteroatoms. The molecule has 1 aromatic carbocycles. The lowest BCUT2D eigenvalue weighted by molar-refractivity contribution is -0.122. The van der Waals surface area contributed by atoms with Gasteiger partial charge in [0.05, 0.1) is 21.3 Å². The molecule has 0 radical (unpaired) electrons. The summed E-state index contributed by atoms with van der Waals surface area (Å²) in [5.41, 5.74) is 3.40. The highest BCUT2D eigenvalue weighted by molar-refractivity contribution is 9.11. The third-order valence-corrected chi connectivity index (χ3v) is 5.40. The van der Waals surface area contributed by atoms with E-state index < -0.39 is 0 Å². The highest BCUT2D eigenvalue weighted by Gasteiger charge is 2.18. The van der Waals surface area contributed by atoms with Gasteiger partial charge in [0, 0.05) is 7.05 Å². The number of likely N-dealkylation sites (N-methyl/N-ethyl adjacent to an activating group) is 1. The summed E-state index contributed by atoms with van der Waals surface area (Å²) in [5, 5.41) is 2.97. The average molecular weight is 409 g/mol. The van der Waals surface area contributed by atoms with E-state index in [1.165, 1.54) is 16.2 Å². The Morgan fingerprint density at radius 1 is 1.25 bits per heavy atom. The van der Waals surface area contributed by atoms with Crippen molar-refractivity contribution in [2.75, 3.05) is 13.6 Å². The smallest absolute Gasteiger partial charge is 0.264 e. The number of halogens is 1. The average Bonchev–Trinajstić information content (AvgIpc) is 2.95. The van der Waals surface area contributed by atoms with Gasteiger partial charge in [0.2, 0.25) is 5.91 Å². The van der Waals surface area contributed by atoms with E-state index in [-0.39, 0.29) is 24.4 Å². The van der Waals surface area contributed by atoms with Gasteiger partial charge in [-0.3, -0.25) is 9.59 Å². The van der Waals surface area contributed by atoms with Gasteiger partial charge in [0.25, 0.3) is 5.91 Å². The minimum atomic E-state index is -0.171. The van der Waals surface area contributed by atoms with Gasteiger partial charge in [-0.15, -0.1) is 11.3 Å². The first-order valence-corrected chi connectivity index (χ1v) is 9.26. The van der Waals surface area contributed by atoms with E-state index in [4.69, 9.17) is 0 Å². The number of aryl methyl sites for hydroxylation is 2. The number of benzene rings is 1. The summed E-state index contributed by atoms with van der Waals surface area (Å²) in [5.74, 6) is -0.324. The van der Waals surface area contributed by atoms with E-state index in [1.54, 1.807) is 13.1 Å². The summed E-state index contributed by atoms with van der Waals surface area (Å²) in [6.45, 7) is 6.05. The number of hydrogen-bond donors (Lipinski definition) is 1. The van der Waals surface area contributed by atoms with Gasteiger partial charge in [-0.1, -0.05) is 23.8 Å². The van der Waals surface area contributed by atoms with Crippen LogP contribution in [0.15, 0.2) is 34.1 Å². The van der Waals surface area contributed by atoms with Crippen LogP contribution >= 0.6 is 27.3 Å². The van der Waals surface area contributed by atoms with Crippen LogP contribution in [0.4, 0.5) is 0 Å². The zero-order chi connectivity index (χ0) is 17.9. The summed E-state index contributed by atoms with van der Waals surface area (Å²) >= 11 is 4.70. The number of carbonyl (C=O) groups excluding carboxylic acids is 2. The molecule has 0 saturated carbocycles. The van der Waals surface area contributed by atoms with Crippen molar-refractivity contribution in [3.63, 3.8) is 0 Å². The van der Waals surface area contributed by atoms with Crippen LogP contribution in [0.2, 0.25) is 0 Å². The van der Waals surface area contributed by atoms with Crippen molar-refractivity contribution in [1.29, 1.82) is 0 Å². The van der Waals surface area contributed by atoms with Crippen molar-refractivity contribution >= 4 is 39.1 Å². The fraction of sp³-hybridized carbons (Fsp3) is 0.333. The molecule has 0 aliphatic rings. The summed E-state index contributed by atoms with van der Waals surface area (Å²) in [7, 11) is 1.64. The Hall–Kier alpha value is -1.66. The predicted octanol–water partition coefficient (Wildman–Crippen LogP) is 4.08. The number of carbonyl (C=O) groups is 2. The third kappa shape index (κ3) is 4.68. The molecular weight excluding hydrogens is 388 g/mol. The van der Waals surface area contributed by atoms with Gasteiger partial charge in [-0.05, 0) is 60.0 Å². The number of rotatable bonds is 5. The first kappa shape index (κ1) is 18.7. The molecule has 2 rings (SSSR count). The molecule has 1 heterocycles. The van der Waals surface area contributed by atoms with Crippen LogP contribution < -0.4 is 5.32 Å². The van der Waals surface area contributed by atoms with E-state index in [2.05, 4.69) is 39.4 Å². The lowest BCUT2D eigenvalue weighted by Gasteiger charge is -2.20. The van der Waals surface area contributed by atoms with E-state index >= 15 is 0 Å². The van der Waals surface area contributed by atoms with E-state index in [0.717, 1.165) is 20.5 Å². The molecule has 1 aromatic heterocycles. The lowest BCUT2D eigenvalue weighted by atomic mass is 10.00. The van der Waals surface area contributed by atoms with Crippen LogP contribution in [-0.2, 0) is 4.79 Å². The molecule has 24 heavy (non-hydrogen) atoms. The molecule has 128 valence electrons. The molecule has 1 atom stereocenters. The highest BCUT2D eigenvalue weighted by Crippen LogP contribution is 2.23. The number of nitrogens with zero attached hydrogens (tertiary/aromatic N) is 1. The first-order valence-electron chi connectivity index (χ1n) is 7.65. The predicted molar refractivity (Wildman–Crippen MR) is 101 cm³/mol. The third-order valence-electron chi connectivity index (χ3n) is 3.79. The summed E-state index contributed by atoms with van der Waals surface area (Å²) in [6.07, 6.45) is 0. The maximum Gasteiger partial charge on any atom is 0.264 e. The van der Waals surface area contributed by atoms with Gasteiger partial charge in [0.15, 0.2) is 0 Å². The van der Waals surface area contributed by atoms with Crippen molar-refractivity contribution in [2.45, 2.75) is 26.8 Å².